The van der Waals surface area contributed by atoms with Crippen LogP contribution in [-0.4, -0.2) is 9.84 Å². The van der Waals surface area contributed by atoms with Gasteiger partial charge in [-0.05, 0) is 55.1 Å². The van der Waals surface area contributed by atoms with Gasteiger partial charge < -0.3 is 4.74 Å². The lowest BCUT2D eigenvalue weighted by Crippen LogP contribution is -2.35. The van der Waals surface area contributed by atoms with E-state index in [2.05, 4.69) is 119 Å². The molecule has 0 bridgehead atoms. The van der Waals surface area contributed by atoms with Crippen molar-refractivity contribution in [3.63, 3.8) is 0 Å². The monoisotopic (exact) mass is 546 g/mol. The standard InChI is InChI=1S/C28H36Br2O/c1-27(20-21-28(2,29)30,25-16-10-5-11-17-25)22-31-26(24-14-8-4-9-15-24)19-18-23-12-6-3-7-13-23/h3-4,6-9,12-15,18-19,25-26H,5,10-11,16-17,20-22H2,1-2H3. The number of hydrogen-bond donors (Lipinski definition) is 0. The number of ether oxygens (including phenoxy) is 1. The van der Waals surface area contributed by atoms with Gasteiger partial charge in [0.1, 0.15) is 6.10 Å². The van der Waals surface area contributed by atoms with Crippen LogP contribution in [0.15, 0.2) is 66.7 Å². The number of benzene rings is 2. The molecule has 31 heavy (non-hydrogen) atoms. The molecule has 0 amide bonds. The smallest absolute Gasteiger partial charge is 0.101 e. The molecule has 0 heterocycles. The molecule has 2 aromatic rings. The van der Waals surface area contributed by atoms with Gasteiger partial charge in [-0.2, -0.15) is 0 Å². The lowest BCUT2D eigenvalue weighted by molar-refractivity contribution is -0.0251. The minimum atomic E-state index is -0.0383. The molecule has 168 valence electrons. The molecule has 0 N–H and O–H groups in total. The maximum atomic E-state index is 6.72. The Morgan fingerprint density at radius 1 is 0.903 bits per heavy atom. The summed E-state index contributed by atoms with van der Waals surface area (Å²) < 4.78 is 6.70. The highest BCUT2D eigenvalue weighted by molar-refractivity contribution is 9.25. The van der Waals surface area contributed by atoms with Crippen molar-refractivity contribution in [2.75, 3.05) is 6.61 Å². The second-order valence-electron chi connectivity index (χ2n) is 9.47. The van der Waals surface area contributed by atoms with E-state index in [1.165, 1.54) is 43.2 Å². The van der Waals surface area contributed by atoms with Crippen LogP contribution in [-0.2, 0) is 4.74 Å². The molecule has 0 aromatic heterocycles. The second-order valence-corrected chi connectivity index (χ2v) is 14.0. The first-order valence-electron chi connectivity index (χ1n) is 11.6. The maximum Gasteiger partial charge on any atom is 0.101 e. The Kier molecular flexibility index (Phi) is 9.43. The average Bonchev–Trinajstić information content (AvgIpc) is 2.79. The second kappa shape index (κ2) is 11.8. The number of alkyl halides is 2. The summed E-state index contributed by atoms with van der Waals surface area (Å²) in [5.74, 6) is 0.734. The zero-order valence-corrected chi connectivity index (χ0v) is 22.1. The van der Waals surface area contributed by atoms with Crippen molar-refractivity contribution in [1.82, 2.24) is 0 Å². The summed E-state index contributed by atoms with van der Waals surface area (Å²) in [6.07, 6.45) is 13.3. The highest BCUT2D eigenvalue weighted by Crippen LogP contribution is 2.45. The third-order valence-corrected chi connectivity index (χ3v) is 7.50. The molecule has 1 saturated carbocycles. The quantitative estimate of drug-likeness (QED) is 0.269. The van der Waals surface area contributed by atoms with Crippen LogP contribution in [0.3, 0.4) is 0 Å². The Bertz CT molecular complexity index is 791. The lowest BCUT2D eigenvalue weighted by atomic mass is 9.68. The van der Waals surface area contributed by atoms with E-state index in [0.717, 1.165) is 25.4 Å². The highest BCUT2D eigenvalue weighted by Gasteiger charge is 2.37. The van der Waals surface area contributed by atoms with Crippen molar-refractivity contribution in [2.24, 2.45) is 11.3 Å². The fourth-order valence-corrected chi connectivity index (χ4v) is 5.04. The SMILES string of the molecule is CC(Br)(Br)CCC(C)(COC(C=Cc1ccccc1)c1ccccc1)C1CCCCC1. The summed E-state index contributed by atoms with van der Waals surface area (Å²) >= 11 is 7.57. The highest BCUT2D eigenvalue weighted by atomic mass is 79.9. The Balaban J connectivity index is 1.77. The third kappa shape index (κ3) is 8.18. The van der Waals surface area contributed by atoms with E-state index in [4.69, 9.17) is 4.74 Å². The molecule has 0 aliphatic heterocycles. The number of hydrogen-bond acceptors (Lipinski definition) is 1. The molecule has 1 fully saturated rings. The molecule has 0 spiro atoms. The summed E-state index contributed by atoms with van der Waals surface area (Å²) in [6.45, 7) is 5.44. The van der Waals surface area contributed by atoms with Crippen LogP contribution >= 0.6 is 31.9 Å². The first-order valence-corrected chi connectivity index (χ1v) is 13.2. The average molecular weight is 548 g/mol. The van der Waals surface area contributed by atoms with Crippen molar-refractivity contribution in [3.8, 4) is 0 Å². The van der Waals surface area contributed by atoms with Crippen LogP contribution in [0.2, 0.25) is 0 Å². The van der Waals surface area contributed by atoms with E-state index in [1.54, 1.807) is 0 Å². The fourth-order valence-electron chi connectivity index (χ4n) is 4.65. The zero-order chi connectivity index (χ0) is 22.2. The molecule has 0 radical (unpaired) electrons. The van der Waals surface area contributed by atoms with Crippen molar-refractivity contribution in [2.45, 2.75) is 68.1 Å². The maximum absolute atomic E-state index is 6.72. The normalized spacial score (nSPS) is 18.7. The Morgan fingerprint density at radius 3 is 2.13 bits per heavy atom. The third-order valence-electron chi connectivity index (χ3n) is 6.71. The van der Waals surface area contributed by atoms with Crippen LogP contribution in [0.1, 0.15) is 76.0 Å². The Labute approximate surface area is 205 Å². The topological polar surface area (TPSA) is 9.23 Å². The van der Waals surface area contributed by atoms with Gasteiger partial charge in [-0.1, -0.05) is 131 Å². The molecule has 2 unspecified atom stereocenters. The fraction of sp³-hybridized carbons (Fsp3) is 0.500. The van der Waals surface area contributed by atoms with Gasteiger partial charge in [0.15, 0.2) is 0 Å². The van der Waals surface area contributed by atoms with Crippen LogP contribution in [0, 0.1) is 11.3 Å². The van der Waals surface area contributed by atoms with Crippen LogP contribution in [0.4, 0.5) is 0 Å². The van der Waals surface area contributed by atoms with Gasteiger partial charge in [0.05, 0.1) is 9.84 Å². The van der Waals surface area contributed by atoms with Crippen molar-refractivity contribution in [1.29, 1.82) is 0 Å². The van der Waals surface area contributed by atoms with Gasteiger partial charge in [-0.3, -0.25) is 0 Å². The number of rotatable bonds is 10. The molecule has 3 heteroatoms. The van der Waals surface area contributed by atoms with E-state index in [9.17, 15) is 0 Å². The summed E-state index contributed by atoms with van der Waals surface area (Å²) in [5, 5.41) is 0. The Hall–Kier alpha value is -0.900. The van der Waals surface area contributed by atoms with Gasteiger partial charge in [-0.15, -0.1) is 0 Å². The molecule has 1 aliphatic rings. The summed E-state index contributed by atoms with van der Waals surface area (Å²) in [5.41, 5.74) is 2.60. The van der Waals surface area contributed by atoms with Gasteiger partial charge in [0, 0.05) is 0 Å². The van der Waals surface area contributed by atoms with Gasteiger partial charge in [0.2, 0.25) is 0 Å². The predicted molar refractivity (Wildman–Crippen MR) is 141 cm³/mol. The van der Waals surface area contributed by atoms with E-state index >= 15 is 0 Å². The number of halogens is 2. The van der Waals surface area contributed by atoms with Crippen molar-refractivity contribution in [3.05, 3.63) is 77.9 Å². The summed E-state index contributed by atoms with van der Waals surface area (Å²) in [4.78, 5) is 0. The molecule has 3 rings (SSSR count). The lowest BCUT2D eigenvalue weighted by Gasteiger charge is -2.41. The summed E-state index contributed by atoms with van der Waals surface area (Å²) in [7, 11) is 0. The Morgan fingerprint density at radius 2 is 1.52 bits per heavy atom. The first-order chi connectivity index (χ1) is 14.9. The molecular formula is C28H36Br2O. The predicted octanol–water partition coefficient (Wildman–Crippen LogP) is 9.33. The molecule has 1 nitrogen and oxygen atoms in total. The van der Waals surface area contributed by atoms with E-state index < -0.39 is 0 Å². The van der Waals surface area contributed by atoms with E-state index in [0.29, 0.717) is 0 Å². The minimum Gasteiger partial charge on any atom is -0.369 e. The van der Waals surface area contributed by atoms with E-state index in [1.807, 2.05) is 0 Å². The van der Waals surface area contributed by atoms with E-state index in [-0.39, 0.29) is 14.8 Å². The largest absolute Gasteiger partial charge is 0.369 e. The van der Waals surface area contributed by atoms with Gasteiger partial charge in [0.25, 0.3) is 0 Å². The van der Waals surface area contributed by atoms with Gasteiger partial charge in [-0.25, -0.2) is 0 Å². The van der Waals surface area contributed by atoms with Crippen molar-refractivity contribution >= 4 is 37.9 Å². The van der Waals surface area contributed by atoms with Crippen LogP contribution < -0.4 is 0 Å². The van der Waals surface area contributed by atoms with Gasteiger partial charge >= 0.3 is 0 Å². The van der Waals surface area contributed by atoms with Crippen LogP contribution in [0.5, 0.6) is 0 Å². The molecule has 2 atom stereocenters. The molecule has 2 aromatic carbocycles. The molecule has 0 saturated heterocycles. The van der Waals surface area contributed by atoms with Crippen LogP contribution in [0.25, 0.3) is 6.08 Å². The zero-order valence-electron chi connectivity index (χ0n) is 18.9. The van der Waals surface area contributed by atoms with Crippen molar-refractivity contribution < 1.29 is 4.74 Å². The molecule has 1 aliphatic carbocycles. The summed E-state index contributed by atoms with van der Waals surface area (Å²) in [6, 6.07) is 21.1. The molecular weight excluding hydrogens is 512 g/mol. The minimum absolute atomic E-state index is 0.0119. The first kappa shape index (κ1) is 24.7.